The van der Waals surface area contributed by atoms with E-state index in [-0.39, 0.29) is 5.82 Å². The van der Waals surface area contributed by atoms with Crippen LogP contribution in [0.1, 0.15) is 0 Å². The minimum absolute atomic E-state index is 0.270. The number of benzene rings is 2. The Morgan fingerprint density at radius 1 is 1.17 bits per heavy atom. The molecule has 0 atom stereocenters. The topological polar surface area (TPSA) is 20.7 Å². The second-order valence-corrected chi connectivity index (χ2v) is 5.54. The van der Waals surface area contributed by atoms with Crippen molar-refractivity contribution in [1.29, 1.82) is 0 Å². The van der Waals surface area contributed by atoms with E-state index in [1.165, 1.54) is 12.1 Å². The molecule has 0 spiro atoms. The smallest absolute Gasteiger partial charge is 0.182 e. The fourth-order valence-corrected chi connectivity index (χ4v) is 2.80. The largest absolute Gasteiger partial charge is 0.330 e. The van der Waals surface area contributed by atoms with Crippen LogP contribution in [-0.4, -0.2) is 9.55 Å². The van der Waals surface area contributed by atoms with Gasteiger partial charge in [-0.1, -0.05) is 6.07 Å². The monoisotopic (exact) mass is 370 g/mol. The first-order valence-electron chi connectivity index (χ1n) is 5.31. The van der Waals surface area contributed by atoms with E-state index in [9.17, 15) is 4.39 Å². The summed E-state index contributed by atoms with van der Waals surface area (Å²) < 4.78 is 16.8. The van der Waals surface area contributed by atoms with Crippen LogP contribution in [0.4, 0.5) is 4.39 Å². The van der Waals surface area contributed by atoms with Gasteiger partial charge in [-0.15, -0.1) is 0 Å². The summed E-state index contributed by atoms with van der Waals surface area (Å²) in [6.45, 7) is 0. The highest BCUT2D eigenvalue weighted by Gasteiger charge is 2.07. The second kappa shape index (κ2) is 4.47. The number of nitrogens with one attached hydrogen (secondary N) is 1. The molecule has 0 saturated carbocycles. The lowest BCUT2D eigenvalue weighted by molar-refractivity contribution is 0.629. The first kappa shape index (κ1) is 11.9. The van der Waals surface area contributed by atoms with E-state index in [0.717, 1.165) is 14.8 Å². The summed E-state index contributed by atoms with van der Waals surface area (Å²) in [4.78, 5) is 3.02. The summed E-state index contributed by atoms with van der Waals surface area (Å²) in [5.41, 5.74) is 2.56. The van der Waals surface area contributed by atoms with E-state index >= 15 is 0 Å². The normalized spacial score (nSPS) is 11.0. The lowest BCUT2D eigenvalue weighted by atomic mass is 10.3. The molecule has 0 unspecified atom stereocenters. The van der Waals surface area contributed by atoms with Crippen molar-refractivity contribution in [2.75, 3.05) is 0 Å². The highest BCUT2D eigenvalue weighted by Crippen LogP contribution is 2.21. The Kier molecular flexibility index (Phi) is 2.95. The van der Waals surface area contributed by atoms with Crippen LogP contribution in [0.25, 0.3) is 16.7 Å². The Bertz CT molecular complexity index is 791. The molecule has 0 aliphatic carbocycles. The number of nitrogens with zero attached hydrogens (tertiary/aromatic N) is 1. The number of aromatic nitrogens is 2. The predicted octanol–water partition coefficient (Wildman–Crippen LogP) is 4.43. The summed E-state index contributed by atoms with van der Waals surface area (Å²) in [5.74, 6) is -0.270. The maximum atomic E-state index is 13.2. The quantitative estimate of drug-likeness (QED) is 0.497. The number of fused-ring (bicyclic) bond motifs is 1. The number of imidazole rings is 1. The van der Waals surface area contributed by atoms with E-state index in [1.807, 2.05) is 28.8 Å². The molecule has 1 heterocycles. The minimum Gasteiger partial charge on any atom is -0.330 e. The van der Waals surface area contributed by atoms with Crippen LogP contribution in [0, 0.1) is 14.2 Å². The molecule has 18 heavy (non-hydrogen) atoms. The molecule has 2 aromatic carbocycles. The number of rotatable bonds is 1. The summed E-state index contributed by atoms with van der Waals surface area (Å²) in [7, 11) is 0. The zero-order valence-corrected chi connectivity index (χ0v) is 12.1. The molecule has 90 valence electrons. The molecule has 3 rings (SSSR count). The van der Waals surface area contributed by atoms with E-state index < -0.39 is 0 Å². The zero-order chi connectivity index (χ0) is 12.7. The van der Waals surface area contributed by atoms with Gasteiger partial charge in [0.1, 0.15) is 5.82 Å². The Labute approximate surface area is 122 Å². The summed E-state index contributed by atoms with van der Waals surface area (Å²) in [5, 5.41) is 0. The van der Waals surface area contributed by atoms with Gasteiger partial charge in [-0.3, -0.25) is 4.57 Å². The van der Waals surface area contributed by atoms with Gasteiger partial charge in [0.2, 0.25) is 0 Å². The Hall–Kier alpha value is -1.21. The highest BCUT2D eigenvalue weighted by molar-refractivity contribution is 14.1. The number of halogens is 2. The fourth-order valence-electron chi connectivity index (χ4n) is 1.96. The lowest BCUT2D eigenvalue weighted by Crippen LogP contribution is -1.94. The van der Waals surface area contributed by atoms with Gasteiger partial charge >= 0.3 is 0 Å². The van der Waals surface area contributed by atoms with Gasteiger partial charge in [0.15, 0.2) is 4.77 Å². The molecule has 0 fully saturated rings. The SMILES string of the molecule is Fc1ccc2c(c1)[nH]c(=S)n2-c1cccc(I)c1. The molecule has 0 aliphatic heterocycles. The summed E-state index contributed by atoms with van der Waals surface area (Å²) in [6, 6.07) is 12.6. The zero-order valence-electron chi connectivity index (χ0n) is 9.15. The third-order valence-corrected chi connectivity index (χ3v) is 3.67. The number of hydrogen-bond donors (Lipinski definition) is 1. The van der Waals surface area contributed by atoms with E-state index in [4.69, 9.17) is 12.2 Å². The van der Waals surface area contributed by atoms with Crippen LogP contribution in [-0.2, 0) is 0 Å². The van der Waals surface area contributed by atoms with Crippen LogP contribution in [0.2, 0.25) is 0 Å². The van der Waals surface area contributed by atoms with Crippen LogP contribution in [0.3, 0.4) is 0 Å². The van der Waals surface area contributed by atoms with Gasteiger partial charge < -0.3 is 4.98 Å². The lowest BCUT2D eigenvalue weighted by Gasteiger charge is -2.04. The highest BCUT2D eigenvalue weighted by atomic mass is 127. The van der Waals surface area contributed by atoms with Crippen molar-refractivity contribution in [3.05, 3.63) is 56.6 Å². The first-order valence-corrected chi connectivity index (χ1v) is 6.80. The maximum Gasteiger partial charge on any atom is 0.182 e. The number of aromatic amines is 1. The molecule has 0 saturated heterocycles. The van der Waals surface area contributed by atoms with Crippen molar-refractivity contribution in [2.24, 2.45) is 0 Å². The minimum atomic E-state index is -0.270. The Morgan fingerprint density at radius 3 is 2.78 bits per heavy atom. The molecular formula is C13H8FIN2S. The average Bonchev–Trinajstić information content (AvgIpc) is 2.64. The van der Waals surface area contributed by atoms with Crippen molar-refractivity contribution in [3.63, 3.8) is 0 Å². The maximum absolute atomic E-state index is 13.2. The number of hydrogen-bond acceptors (Lipinski definition) is 1. The third kappa shape index (κ3) is 1.97. The van der Waals surface area contributed by atoms with Crippen molar-refractivity contribution in [3.8, 4) is 5.69 Å². The second-order valence-electron chi connectivity index (χ2n) is 3.91. The van der Waals surface area contributed by atoms with Gasteiger partial charge in [-0.05, 0) is 71.2 Å². The van der Waals surface area contributed by atoms with E-state index in [2.05, 4.69) is 27.6 Å². The Morgan fingerprint density at radius 2 is 2.00 bits per heavy atom. The average molecular weight is 370 g/mol. The molecule has 0 bridgehead atoms. The van der Waals surface area contributed by atoms with Crippen molar-refractivity contribution in [2.45, 2.75) is 0 Å². The van der Waals surface area contributed by atoms with Gasteiger partial charge in [-0.2, -0.15) is 0 Å². The number of H-pyrrole nitrogens is 1. The van der Waals surface area contributed by atoms with Crippen LogP contribution in [0.5, 0.6) is 0 Å². The fraction of sp³-hybridized carbons (Fsp3) is 0. The predicted molar refractivity (Wildman–Crippen MR) is 81.1 cm³/mol. The molecule has 0 aliphatic rings. The van der Waals surface area contributed by atoms with Gasteiger partial charge in [0.25, 0.3) is 0 Å². The molecular weight excluding hydrogens is 362 g/mol. The molecule has 1 N–H and O–H groups in total. The Balaban J connectivity index is 2.35. The summed E-state index contributed by atoms with van der Waals surface area (Å²) >= 11 is 7.56. The van der Waals surface area contributed by atoms with Crippen molar-refractivity contribution >= 4 is 45.8 Å². The molecule has 0 amide bonds. The first-order chi connectivity index (χ1) is 8.65. The molecule has 3 aromatic rings. The summed E-state index contributed by atoms with van der Waals surface area (Å²) in [6.07, 6.45) is 0. The van der Waals surface area contributed by atoms with Gasteiger partial charge in [0.05, 0.1) is 11.0 Å². The van der Waals surface area contributed by atoms with Gasteiger partial charge in [-0.25, -0.2) is 4.39 Å². The van der Waals surface area contributed by atoms with Crippen LogP contribution in [0.15, 0.2) is 42.5 Å². The van der Waals surface area contributed by atoms with Crippen molar-refractivity contribution in [1.82, 2.24) is 9.55 Å². The van der Waals surface area contributed by atoms with Gasteiger partial charge in [0, 0.05) is 9.26 Å². The molecule has 5 heteroatoms. The van der Waals surface area contributed by atoms with E-state index in [1.54, 1.807) is 6.07 Å². The standard InChI is InChI=1S/C13H8FIN2S/c14-8-4-5-12-11(6-8)16-13(18)17(12)10-3-1-2-9(15)7-10/h1-7H,(H,16,18). The van der Waals surface area contributed by atoms with Crippen LogP contribution >= 0.6 is 34.8 Å². The third-order valence-electron chi connectivity index (χ3n) is 2.71. The molecule has 2 nitrogen and oxygen atoms in total. The van der Waals surface area contributed by atoms with E-state index in [0.29, 0.717) is 10.3 Å². The molecule has 1 aromatic heterocycles. The van der Waals surface area contributed by atoms with Crippen LogP contribution < -0.4 is 0 Å². The molecule has 0 radical (unpaired) electrons. The van der Waals surface area contributed by atoms with Crippen molar-refractivity contribution < 1.29 is 4.39 Å².